The summed E-state index contributed by atoms with van der Waals surface area (Å²) in [5, 5.41) is 0. The van der Waals surface area contributed by atoms with Crippen LogP contribution in [-0.2, 0) is 10.0 Å². The van der Waals surface area contributed by atoms with Gasteiger partial charge in [0.1, 0.15) is 4.90 Å². The minimum absolute atomic E-state index is 0.0648. The minimum Gasteiger partial charge on any atom is -0.378 e. The van der Waals surface area contributed by atoms with E-state index in [1.165, 1.54) is 17.8 Å². The van der Waals surface area contributed by atoms with Gasteiger partial charge in [0.2, 0.25) is 0 Å². The normalized spacial score (nSPS) is 14.5. The molecule has 0 radical (unpaired) electrons. The number of rotatable bonds is 1. The lowest BCUT2D eigenvalue weighted by molar-refractivity contribution is 0.0985. The smallest absolute Gasteiger partial charge is 0.266 e. The molecular weight excluding hydrogens is 288 g/mol. The Labute approximate surface area is 124 Å². The van der Waals surface area contributed by atoms with Gasteiger partial charge >= 0.3 is 0 Å². The number of nitrogens with zero attached hydrogens (tertiary/aromatic N) is 1. The molecule has 1 aliphatic rings. The van der Waals surface area contributed by atoms with Crippen LogP contribution in [0.3, 0.4) is 0 Å². The molecule has 0 spiro atoms. The maximum absolute atomic E-state index is 11.1. The van der Waals surface area contributed by atoms with Gasteiger partial charge in [0.15, 0.2) is 0 Å². The van der Waals surface area contributed by atoms with Crippen molar-refractivity contribution in [1.29, 1.82) is 0 Å². The summed E-state index contributed by atoms with van der Waals surface area (Å²) in [4.78, 5) is 13.1. The van der Waals surface area contributed by atoms with E-state index >= 15 is 0 Å². The number of hydrogen-bond acceptors (Lipinski definition) is 4. The van der Waals surface area contributed by atoms with Crippen molar-refractivity contribution >= 4 is 21.6 Å². The molecule has 2 aromatic carbocycles. The fraction of sp³-hybridized carbons (Fsp3) is 0.133. The molecule has 1 N–H and O–H groups in total. The highest BCUT2D eigenvalue weighted by molar-refractivity contribution is 7.90. The van der Waals surface area contributed by atoms with E-state index in [0.29, 0.717) is 0 Å². The molecule has 5 nitrogen and oxygen atoms in total. The van der Waals surface area contributed by atoms with Crippen LogP contribution in [0.15, 0.2) is 59.5 Å². The van der Waals surface area contributed by atoms with Crippen LogP contribution >= 0.6 is 0 Å². The number of carbonyl (C=O) groups is 1. The summed E-state index contributed by atoms with van der Waals surface area (Å²) in [6.07, 6.45) is 0. The molecule has 0 aliphatic carbocycles. The number of nitrogens with one attached hydrogen (secondary N) is 1. The summed E-state index contributed by atoms with van der Waals surface area (Å²) in [5.41, 5.74) is 1.47. The highest BCUT2D eigenvalue weighted by atomic mass is 32.2. The minimum atomic E-state index is -3.55. The second-order valence-corrected chi connectivity index (χ2v) is 6.31. The topological polar surface area (TPSA) is 66.5 Å². The van der Waals surface area contributed by atoms with Crippen LogP contribution in [0.25, 0.3) is 0 Å². The van der Waals surface area contributed by atoms with Gasteiger partial charge in [-0.3, -0.25) is 4.79 Å². The quantitative estimate of drug-likeness (QED) is 0.873. The molecule has 0 unspecified atom stereocenters. The fourth-order valence-corrected chi connectivity index (χ4v) is 3.02. The molecule has 1 aliphatic heterocycles. The van der Waals surface area contributed by atoms with Crippen LogP contribution in [0, 0.1) is 0 Å². The van der Waals surface area contributed by atoms with E-state index in [2.05, 4.69) is 17.0 Å². The van der Waals surface area contributed by atoms with E-state index in [-0.39, 0.29) is 10.5 Å². The van der Waals surface area contributed by atoms with Crippen molar-refractivity contribution < 1.29 is 13.2 Å². The molecule has 0 saturated heterocycles. The summed E-state index contributed by atoms with van der Waals surface area (Å²) < 4.78 is 24.2. The summed E-state index contributed by atoms with van der Waals surface area (Å²) in [7, 11) is 0.520. The molecule has 0 fully saturated rings. The highest BCUT2D eigenvalue weighted by Crippen LogP contribution is 2.20. The van der Waals surface area contributed by atoms with Crippen molar-refractivity contribution in [3.63, 3.8) is 0 Å². The summed E-state index contributed by atoms with van der Waals surface area (Å²) in [6.45, 7) is 0. The van der Waals surface area contributed by atoms with Crippen LogP contribution in [-0.4, -0.2) is 28.4 Å². The average Bonchev–Trinajstić information content (AvgIpc) is 2.71. The van der Waals surface area contributed by atoms with Crippen molar-refractivity contribution in [2.45, 2.75) is 4.90 Å². The van der Waals surface area contributed by atoms with Gasteiger partial charge in [-0.15, -0.1) is 0 Å². The Morgan fingerprint density at radius 2 is 1.48 bits per heavy atom. The average molecular weight is 304 g/mol. The predicted molar refractivity (Wildman–Crippen MR) is 81.9 cm³/mol. The maximum atomic E-state index is 11.1. The van der Waals surface area contributed by atoms with E-state index in [4.69, 9.17) is 0 Å². The summed E-state index contributed by atoms with van der Waals surface area (Å²) in [5.74, 6) is -0.550. The van der Waals surface area contributed by atoms with Crippen LogP contribution < -0.4 is 9.62 Å². The Morgan fingerprint density at radius 3 is 2.00 bits per heavy atom. The largest absolute Gasteiger partial charge is 0.378 e. The Bertz CT molecular complexity index is 741. The van der Waals surface area contributed by atoms with Gasteiger partial charge < -0.3 is 4.90 Å². The molecule has 0 saturated carbocycles. The third-order valence-electron chi connectivity index (χ3n) is 2.92. The SMILES string of the molecule is CN(C)c1ccccc1.O=C1NS(=O)(=O)c2ccccc21. The van der Waals surface area contributed by atoms with Crippen molar-refractivity contribution in [3.05, 3.63) is 60.2 Å². The van der Waals surface area contributed by atoms with Crippen molar-refractivity contribution in [2.24, 2.45) is 0 Å². The first-order valence-corrected chi connectivity index (χ1v) is 7.78. The molecule has 2 aromatic rings. The molecule has 0 aromatic heterocycles. The lowest BCUT2D eigenvalue weighted by Crippen LogP contribution is -2.20. The van der Waals surface area contributed by atoms with Gasteiger partial charge in [-0.1, -0.05) is 30.3 Å². The van der Waals surface area contributed by atoms with Gasteiger partial charge in [0.25, 0.3) is 15.9 Å². The van der Waals surface area contributed by atoms with E-state index in [0.717, 1.165) is 0 Å². The zero-order valence-corrected chi connectivity index (χ0v) is 12.6. The van der Waals surface area contributed by atoms with Crippen LogP contribution in [0.1, 0.15) is 10.4 Å². The standard InChI is InChI=1S/C8H11N.C7H5NO3S/c1-9(2)8-6-4-3-5-7-8;9-7-5-3-1-2-4-6(5)12(10,11)8-7/h3-7H,1-2H3;1-4H,(H,8,9). The molecule has 21 heavy (non-hydrogen) atoms. The monoisotopic (exact) mass is 304 g/mol. The van der Waals surface area contributed by atoms with Crippen molar-refractivity contribution in [2.75, 3.05) is 19.0 Å². The lowest BCUT2D eigenvalue weighted by atomic mass is 10.2. The Morgan fingerprint density at radius 1 is 0.905 bits per heavy atom. The van der Waals surface area contributed by atoms with Crippen molar-refractivity contribution in [3.8, 4) is 0 Å². The Hall–Kier alpha value is -2.34. The molecule has 6 heteroatoms. The number of carbonyl (C=O) groups excluding carboxylic acids is 1. The second kappa shape index (κ2) is 5.97. The van der Waals surface area contributed by atoms with E-state index in [1.54, 1.807) is 12.1 Å². The third kappa shape index (κ3) is 3.41. The highest BCUT2D eigenvalue weighted by Gasteiger charge is 2.31. The van der Waals surface area contributed by atoms with Crippen LogP contribution in [0.5, 0.6) is 0 Å². The van der Waals surface area contributed by atoms with Crippen LogP contribution in [0.2, 0.25) is 0 Å². The van der Waals surface area contributed by atoms with Crippen molar-refractivity contribution in [1.82, 2.24) is 4.72 Å². The number of hydrogen-bond donors (Lipinski definition) is 1. The lowest BCUT2D eigenvalue weighted by Gasteiger charge is -2.10. The van der Waals surface area contributed by atoms with Gasteiger partial charge in [0.05, 0.1) is 5.56 Å². The van der Waals surface area contributed by atoms with E-state index < -0.39 is 15.9 Å². The predicted octanol–water partition coefficient (Wildman–Crippen LogP) is 1.87. The van der Waals surface area contributed by atoms with Gasteiger partial charge in [-0.2, -0.15) is 0 Å². The Kier molecular flexibility index (Phi) is 4.28. The van der Waals surface area contributed by atoms with Gasteiger partial charge in [-0.25, -0.2) is 13.1 Å². The zero-order chi connectivity index (χ0) is 15.5. The number of anilines is 1. The first-order chi connectivity index (χ1) is 9.92. The van der Waals surface area contributed by atoms with Gasteiger partial charge in [0, 0.05) is 19.8 Å². The molecule has 1 heterocycles. The molecule has 1 amide bonds. The Balaban J connectivity index is 0.000000161. The first-order valence-electron chi connectivity index (χ1n) is 6.30. The molecule has 3 rings (SSSR count). The molecular formula is C15H16N2O3S. The van der Waals surface area contributed by atoms with Crippen LogP contribution in [0.4, 0.5) is 5.69 Å². The number of amides is 1. The number of para-hydroxylation sites is 1. The number of fused-ring (bicyclic) bond motifs is 1. The van der Waals surface area contributed by atoms with E-state index in [9.17, 15) is 13.2 Å². The van der Waals surface area contributed by atoms with Gasteiger partial charge in [-0.05, 0) is 24.3 Å². The maximum Gasteiger partial charge on any atom is 0.266 e. The number of sulfonamides is 1. The summed E-state index contributed by atoms with van der Waals surface area (Å²) in [6, 6.07) is 16.4. The molecule has 0 atom stereocenters. The fourth-order valence-electron chi connectivity index (χ4n) is 1.85. The second-order valence-electron chi connectivity index (χ2n) is 4.66. The first kappa shape index (κ1) is 15.1. The molecule has 110 valence electrons. The third-order valence-corrected chi connectivity index (χ3v) is 4.31. The number of benzene rings is 2. The molecule has 0 bridgehead atoms. The zero-order valence-electron chi connectivity index (χ0n) is 11.8. The summed E-state index contributed by atoms with van der Waals surface area (Å²) >= 11 is 0. The van der Waals surface area contributed by atoms with E-state index in [1.807, 2.05) is 37.0 Å².